The van der Waals surface area contributed by atoms with Gasteiger partial charge in [-0.15, -0.1) is 0 Å². The first-order valence-electron chi connectivity index (χ1n) is 7.93. The van der Waals surface area contributed by atoms with Crippen molar-refractivity contribution in [2.75, 3.05) is 31.1 Å². The zero-order chi connectivity index (χ0) is 16.6. The monoisotopic (exact) mass is 315 g/mol. The summed E-state index contributed by atoms with van der Waals surface area (Å²) in [5.74, 6) is 0.860. The molecule has 0 saturated carbocycles. The maximum atomic E-state index is 12.7. The number of imidazole rings is 1. The smallest absolute Gasteiger partial charge is 0.280 e. The number of hydrogen-bond acceptors (Lipinski definition) is 6. The van der Waals surface area contributed by atoms with E-state index in [2.05, 4.69) is 34.0 Å². The van der Waals surface area contributed by atoms with E-state index in [1.54, 1.807) is 7.05 Å². The Morgan fingerprint density at radius 3 is 2.65 bits per heavy atom. The predicted molar refractivity (Wildman–Crippen MR) is 87.6 cm³/mol. The number of hydrogen-bond donors (Lipinski definition) is 1. The van der Waals surface area contributed by atoms with Crippen molar-refractivity contribution in [3.05, 3.63) is 16.2 Å². The van der Waals surface area contributed by atoms with Crippen LogP contribution < -0.4 is 15.8 Å². The molecule has 0 amide bonds. The Balaban J connectivity index is 2.29. The van der Waals surface area contributed by atoms with E-state index < -0.39 is 0 Å². The topological polar surface area (TPSA) is 91.8 Å². The fourth-order valence-electron chi connectivity index (χ4n) is 2.90. The van der Waals surface area contributed by atoms with E-state index >= 15 is 0 Å². The van der Waals surface area contributed by atoms with E-state index in [1.165, 1.54) is 4.57 Å². The lowest BCUT2D eigenvalue weighted by molar-refractivity contribution is 0.515. The van der Waals surface area contributed by atoms with Gasteiger partial charge >= 0.3 is 0 Å². The van der Waals surface area contributed by atoms with Crippen molar-refractivity contribution in [1.29, 1.82) is 5.26 Å². The third-order valence-electron chi connectivity index (χ3n) is 4.44. The Labute approximate surface area is 134 Å². The fraction of sp³-hybridized carbons (Fsp3) is 0.600. The Morgan fingerprint density at radius 2 is 2.04 bits per heavy atom. The number of piperazine rings is 1. The standard InChI is InChI=1S/C15H21N7O/c1-4-10(2)22-12-13(18-11(9-16)20(3)14(12)23)19-15(22)21-7-5-17-6-8-21/h10,17H,4-8H2,1-3H3. The molecule has 3 rings (SSSR count). The summed E-state index contributed by atoms with van der Waals surface area (Å²) in [4.78, 5) is 23.8. The molecule has 1 N–H and O–H groups in total. The lowest BCUT2D eigenvalue weighted by atomic mass is 10.2. The van der Waals surface area contributed by atoms with Crippen LogP contribution in [0.1, 0.15) is 32.1 Å². The average Bonchev–Trinajstić information content (AvgIpc) is 2.97. The summed E-state index contributed by atoms with van der Waals surface area (Å²) < 4.78 is 3.28. The van der Waals surface area contributed by atoms with Gasteiger partial charge in [0.2, 0.25) is 11.8 Å². The van der Waals surface area contributed by atoms with Gasteiger partial charge < -0.3 is 14.8 Å². The first-order chi connectivity index (χ1) is 11.1. The molecule has 3 heterocycles. The maximum absolute atomic E-state index is 12.7. The van der Waals surface area contributed by atoms with Crippen LogP contribution in [0.25, 0.3) is 11.2 Å². The van der Waals surface area contributed by atoms with Gasteiger partial charge in [-0.25, -0.2) is 0 Å². The van der Waals surface area contributed by atoms with Crippen LogP contribution in [0.5, 0.6) is 0 Å². The molecular weight excluding hydrogens is 294 g/mol. The second kappa shape index (κ2) is 6.01. The highest BCUT2D eigenvalue weighted by molar-refractivity contribution is 5.75. The summed E-state index contributed by atoms with van der Waals surface area (Å²) in [7, 11) is 1.58. The van der Waals surface area contributed by atoms with Crippen molar-refractivity contribution < 1.29 is 0 Å². The largest absolute Gasteiger partial charge is 0.340 e. The van der Waals surface area contributed by atoms with Gasteiger partial charge in [-0.2, -0.15) is 15.2 Å². The van der Waals surface area contributed by atoms with Crippen LogP contribution in [0.15, 0.2) is 4.79 Å². The quantitative estimate of drug-likeness (QED) is 0.880. The molecule has 122 valence electrons. The van der Waals surface area contributed by atoms with Gasteiger partial charge in [0, 0.05) is 39.3 Å². The highest BCUT2D eigenvalue weighted by Gasteiger charge is 2.25. The van der Waals surface area contributed by atoms with Crippen LogP contribution in [-0.4, -0.2) is 45.3 Å². The number of rotatable bonds is 3. The van der Waals surface area contributed by atoms with Crippen molar-refractivity contribution in [1.82, 2.24) is 24.4 Å². The fourth-order valence-corrected chi connectivity index (χ4v) is 2.90. The minimum Gasteiger partial charge on any atom is -0.340 e. The number of nitrogens with zero attached hydrogens (tertiary/aromatic N) is 6. The zero-order valence-electron chi connectivity index (χ0n) is 13.7. The van der Waals surface area contributed by atoms with Crippen molar-refractivity contribution in [2.24, 2.45) is 7.05 Å². The predicted octanol–water partition coefficient (Wildman–Crippen LogP) is 0.382. The molecule has 0 spiro atoms. The van der Waals surface area contributed by atoms with Gasteiger partial charge in [0.15, 0.2) is 11.2 Å². The van der Waals surface area contributed by atoms with Gasteiger partial charge in [-0.05, 0) is 13.3 Å². The summed E-state index contributed by atoms with van der Waals surface area (Å²) in [6.45, 7) is 7.61. The molecule has 1 fully saturated rings. The summed E-state index contributed by atoms with van der Waals surface area (Å²) in [5, 5.41) is 12.5. The van der Waals surface area contributed by atoms with E-state index in [0.717, 1.165) is 38.5 Å². The summed E-state index contributed by atoms with van der Waals surface area (Å²) in [6.07, 6.45) is 0.883. The first kappa shape index (κ1) is 15.5. The van der Waals surface area contributed by atoms with Crippen LogP contribution in [0.3, 0.4) is 0 Å². The number of aromatic nitrogens is 4. The molecule has 1 atom stereocenters. The molecule has 8 nitrogen and oxygen atoms in total. The molecule has 1 aliphatic heterocycles. The maximum Gasteiger partial charge on any atom is 0.280 e. The molecule has 0 aromatic carbocycles. The normalized spacial score (nSPS) is 16.5. The molecule has 2 aromatic heterocycles. The minimum atomic E-state index is -0.222. The Morgan fingerprint density at radius 1 is 1.35 bits per heavy atom. The molecular formula is C15H21N7O. The van der Waals surface area contributed by atoms with Crippen molar-refractivity contribution in [3.8, 4) is 6.07 Å². The van der Waals surface area contributed by atoms with Gasteiger partial charge in [0.05, 0.1) is 0 Å². The molecule has 1 unspecified atom stereocenters. The Kier molecular flexibility index (Phi) is 4.05. The summed E-state index contributed by atoms with van der Waals surface area (Å²) >= 11 is 0. The second-order valence-electron chi connectivity index (χ2n) is 5.86. The highest BCUT2D eigenvalue weighted by Crippen LogP contribution is 2.26. The number of nitrogens with one attached hydrogen (secondary N) is 1. The van der Waals surface area contributed by atoms with Crippen LogP contribution in [0.4, 0.5) is 5.95 Å². The average molecular weight is 315 g/mol. The lowest BCUT2D eigenvalue weighted by Crippen LogP contribution is -2.44. The lowest BCUT2D eigenvalue weighted by Gasteiger charge is -2.30. The highest BCUT2D eigenvalue weighted by atomic mass is 16.1. The van der Waals surface area contributed by atoms with Crippen LogP contribution >= 0.6 is 0 Å². The van der Waals surface area contributed by atoms with E-state index in [4.69, 9.17) is 5.26 Å². The zero-order valence-corrected chi connectivity index (χ0v) is 13.7. The number of anilines is 1. The van der Waals surface area contributed by atoms with Crippen molar-refractivity contribution >= 4 is 17.1 Å². The van der Waals surface area contributed by atoms with Crippen LogP contribution in [0, 0.1) is 11.3 Å². The van der Waals surface area contributed by atoms with Crippen molar-refractivity contribution in [2.45, 2.75) is 26.3 Å². The van der Waals surface area contributed by atoms with Gasteiger partial charge in [0.1, 0.15) is 6.07 Å². The molecule has 1 aliphatic rings. The molecule has 0 radical (unpaired) electrons. The second-order valence-corrected chi connectivity index (χ2v) is 5.86. The van der Waals surface area contributed by atoms with Crippen molar-refractivity contribution in [3.63, 3.8) is 0 Å². The van der Waals surface area contributed by atoms with Crippen LogP contribution in [0.2, 0.25) is 0 Å². The number of nitriles is 1. The minimum absolute atomic E-state index is 0.0863. The summed E-state index contributed by atoms with van der Waals surface area (Å²) in [5.41, 5.74) is 0.619. The molecule has 0 aliphatic carbocycles. The third-order valence-corrected chi connectivity index (χ3v) is 4.44. The Bertz CT molecular complexity index is 823. The molecule has 8 heteroatoms. The van der Waals surface area contributed by atoms with E-state index in [1.807, 2.05) is 10.6 Å². The van der Waals surface area contributed by atoms with Gasteiger partial charge in [0.25, 0.3) is 5.56 Å². The van der Waals surface area contributed by atoms with Crippen LogP contribution in [-0.2, 0) is 7.05 Å². The molecule has 1 saturated heterocycles. The third kappa shape index (κ3) is 2.47. The van der Waals surface area contributed by atoms with E-state index in [0.29, 0.717) is 11.2 Å². The Hall–Kier alpha value is -2.40. The van der Waals surface area contributed by atoms with Gasteiger partial charge in [-0.1, -0.05) is 6.92 Å². The molecule has 2 aromatic rings. The summed E-state index contributed by atoms with van der Waals surface area (Å²) in [6, 6.07) is 2.09. The molecule has 23 heavy (non-hydrogen) atoms. The number of fused-ring (bicyclic) bond motifs is 1. The SMILES string of the molecule is CCC(C)n1c(N2CCNCC2)nc2nc(C#N)n(C)c(=O)c21. The first-order valence-corrected chi connectivity index (χ1v) is 7.93. The van der Waals surface area contributed by atoms with E-state index in [9.17, 15) is 4.79 Å². The van der Waals surface area contributed by atoms with E-state index in [-0.39, 0.29) is 17.4 Å². The van der Waals surface area contributed by atoms with Gasteiger partial charge in [-0.3, -0.25) is 9.36 Å². The molecule has 0 bridgehead atoms.